The van der Waals surface area contributed by atoms with Crippen molar-refractivity contribution in [1.82, 2.24) is 13.9 Å². The summed E-state index contributed by atoms with van der Waals surface area (Å²) in [5.41, 5.74) is 0.282. The molecular formula is C21H27N3O5S3. The molecule has 8 nitrogen and oxygen atoms in total. The molecule has 0 unspecified atom stereocenters. The van der Waals surface area contributed by atoms with Gasteiger partial charge < -0.3 is 4.90 Å². The Hall–Kier alpha value is -1.79. The number of carbonyl (C=O) groups excluding carboxylic acids is 1. The van der Waals surface area contributed by atoms with Crippen molar-refractivity contribution < 1.29 is 21.6 Å². The largest absolute Gasteiger partial charge is 0.336 e. The topological polar surface area (TPSA) is 104 Å². The summed E-state index contributed by atoms with van der Waals surface area (Å²) >= 11 is 1.23. The summed E-state index contributed by atoms with van der Waals surface area (Å²) in [5.74, 6) is -0.299. The summed E-state index contributed by atoms with van der Waals surface area (Å²) in [4.78, 5) is 15.6. The molecule has 1 aromatic heterocycles. The number of benzene rings is 1. The predicted octanol–water partition coefficient (Wildman–Crippen LogP) is 2.42. The number of sulfonamides is 2. The highest BCUT2D eigenvalue weighted by molar-refractivity contribution is 7.91. The average Bonchev–Trinajstić information content (AvgIpc) is 3.45. The fraction of sp³-hybridized carbons (Fsp3) is 0.476. The van der Waals surface area contributed by atoms with Gasteiger partial charge in [0.2, 0.25) is 10.0 Å². The lowest BCUT2D eigenvalue weighted by molar-refractivity contribution is 0.0697. The van der Waals surface area contributed by atoms with E-state index in [-0.39, 0.29) is 48.6 Å². The van der Waals surface area contributed by atoms with Crippen LogP contribution in [0.1, 0.15) is 40.9 Å². The first-order chi connectivity index (χ1) is 15.2. The third-order valence-electron chi connectivity index (χ3n) is 5.90. The summed E-state index contributed by atoms with van der Waals surface area (Å²) in [7, 11) is -7.26. The van der Waals surface area contributed by atoms with Crippen molar-refractivity contribution in [2.75, 3.05) is 26.2 Å². The highest BCUT2D eigenvalue weighted by Gasteiger charge is 2.32. The standard InChI is InChI=1S/C21H27N3O5S3/c1-16-9-10-20(30-16)32(28,29)24-13-11-23(12-14-24)21(25)17-5-4-8-19(15-17)31(26,27)22-18-6-2-3-7-18/h4-5,8-10,15,18,22H,2-3,6-7,11-14H2,1H3. The Morgan fingerprint density at radius 3 is 2.31 bits per heavy atom. The van der Waals surface area contributed by atoms with Crippen molar-refractivity contribution in [3.63, 3.8) is 0 Å². The molecule has 1 aliphatic heterocycles. The van der Waals surface area contributed by atoms with E-state index in [1.54, 1.807) is 29.2 Å². The van der Waals surface area contributed by atoms with Crippen LogP contribution in [0, 0.1) is 6.92 Å². The molecule has 2 fully saturated rings. The SMILES string of the molecule is Cc1ccc(S(=O)(=O)N2CCN(C(=O)c3cccc(S(=O)(=O)NC4CCCC4)c3)CC2)s1. The van der Waals surface area contributed by atoms with Gasteiger partial charge in [-0.3, -0.25) is 4.79 Å². The first kappa shape index (κ1) is 23.4. The molecule has 1 N–H and O–H groups in total. The lowest BCUT2D eigenvalue weighted by Crippen LogP contribution is -2.50. The molecule has 0 atom stereocenters. The summed E-state index contributed by atoms with van der Waals surface area (Å²) in [6.07, 6.45) is 3.69. The minimum atomic E-state index is -3.69. The molecule has 2 heterocycles. The monoisotopic (exact) mass is 497 g/mol. The quantitative estimate of drug-likeness (QED) is 0.660. The maximum absolute atomic E-state index is 13.0. The van der Waals surface area contributed by atoms with Gasteiger partial charge in [0.25, 0.3) is 15.9 Å². The molecule has 4 rings (SSSR count). The Bertz CT molecular complexity index is 1190. The van der Waals surface area contributed by atoms with Crippen molar-refractivity contribution >= 4 is 37.3 Å². The highest BCUT2D eigenvalue weighted by Crippen LogP contribution is 2.26. The molecule has 1 aromatic carbocycles. The van der Waals surface area contributed by atoms with Crippen LogP contribution in [-0.2, 0) is 20.0 Å². The predicted molar refractivity (Wildman–Crippen MR) is 123 cm³/mol. The second-order valence-corrected chi connectivity index (χ2v) is 13.4. The van der Waals surface area contributed by atoms with Crippen LogP contribution in [0.2, 0.25) is 0 Å². The lowest BCUT2D eigenvalue weighted by atomic mass is 10.2. The average molecular weight is 498 g/mol. The molecule has 2 aliphatic rings. The number of hydrogen-bond acceptors (Lipinski definition) is 6. The van der Waals surface area contributed by atoms with Gasteiger partial charge in [-0.2, -0.15) is 4.31 Å². The van der Waals surface area contributed by atoms with Crippen LogP contribution in [0.25, 0.3) is 0 Å². The molecule has 0 spiro atoms. The molecule has 1 aliphatic carbocycles. The van der Waals surface area contributed by atoms with E-state index < -0.39 is 20.0 Å². The van der Waals surface area contributed by atoms with Crippen LogP contribution in [0.3, 0.4) is 0 Å². The van der Waals surface area contributed by atoms with Crippen molar-refractivity contribution in [2.45, 2.75) is 47.8 Å². The Morgan fingerprint density at radius 2 is 1.69 bits per heavy atom. The van der Waals surface area contributed by atoms with Crippen molar-refractivity contribution in [3.8, 4) is 0 Å². The van der Waals surface area contributed by atoms with Gasteiger partial charge in [0.05, 0.1) is 4.90 Å². The molecular weight excluding hydrogens is 470 g/mol. The fourth-order valence-electron chi connectivity index (χ4n) is 4.12. The minimum Gasteiger partial charge on any atom is -0.336 e. The van der Waals surface area contributed by atoms with Crippen LogP contribution in [0.4, 0.5) is 0 Å². The molecule has 1 amide bonds. The van der Waals surface area contributed by atoms with E-state index in [0.717, 1.165) is 30.6 Å². The van der Waals surface area contributed by atoms with E-state index in [4.69, 9.17) is 0 Å². The van der Waals surface area contributed by atoms with Gasteiger partial charge in [0.1, 0.15) is 4.21 Å². The molecule has 2 aromatic rings. The fourth-order valence-corrected chi connectivity index (χ4v) is 8.33. The minimum absolute atomic E-state index is 0.0542. The Kier molecular flexibility index (Phi) is 6.73. The van der Waals surface area contributed by atoms with Crippen molar-refractivity contribution in [2.24, 2.45) is 0 Å². The number of carbonyl (C=O) groups is 1. The Labute approximate surface area is 193 Å². The van der Waals surface area contributed by atoms with E-state index in [2.05, 4.69) is 4.72 Å². The molecule has 11 heteroatoms. The Balaban J connectivity index is 1.43. The van der Waals surface area contributed by atoms with E-state index >= 15 is 0 Å². The van der Waals surface area contributed by atoms with Crippen LogP contribution in [0.5, 0.6) is 0 Å². The number of rotatable bonds is 6. The first-order valence-corrected chi connectivity index (χ1v) is 14.4. The second kappa shape index (κ2) is 9.22. The zero-order valence-electron chi connectivity index (χ0n) is 17.9. The van der Waals surface area contributed by atoms with Gasteiger partial charge in [0.15, 0.2) is 0 Å². The summed E-state index contributed by atoms with van der Waals surface area (Å²) < 4.78 is 55.5. The van der Waals surface area contributed by atoms with Crippen molar-refractivity contribution in [3.05, 3.63) is 46.8 Å². The second-order valence-electron chi connectivity index (χ2n) is 8.19. The first-order valence-electron chi connectivity index (χ1n) is 10.6. The normalized spacial score (nSPS) is 18.8. The van der Waals surface area contributed by atoms with Crippen LogP contribution >= 0.6 is 11.3 Å². The van der Waals surface area contributed by atoms with Gasteiger partial charge in [-0.05, 0) is 50.1 Å². The zero-order chi connectivity index (χ0) is 22.9. The van der Waals surface area contributed by atoms with E-state index in [0.29, 0.717) is 4.21 Å². The van der Waals surface area contributed by atoms with Gasteiger partial charge in [-0.1, -0.05) is 18.9 Å². The van der Waals surface area contributed by atoms with Crippen LogP contribution < -0.4 is 4.72 Å². The lowest BCUT2D eigenvalue weighted by Gasteiger charge is -2.33. The van der Waals surface area contributed by atoms with Gasteiger partial charge in [0, 0.05) is 42.7 Å². The molecule has 0 bridgehead atoms. The Morgan fingerprint density at radius 1 is 1.00 bits per heavy atom. The zero-order valence-corrected chi connectivity index (χ0v) is 20.3. The molecule has 174 valence electrons. The third-order valence-corrected chi connectivity index (χ3v) is 10.8. The maximum atomic E-state index is 13.0. The number of nitrogens with zero attached hydrogens (tertiary/aromatic N) is 2. The third kappa shape index (κ3) is 4.91. The number of aryl methyl sites for hydroxylation is 1. The molecule has 32 heavy (non-hydrogen) atoms. The number of hydrogen-bond donors (Lipinski definition) is 1. The van der Waals surface area contributed by atoms with E-state index in [1.165, 1.54) is 27.8 Å². The summed E-state index contributed by atoms with van der Waals surface area (Å²) in [5, 5.41) is 0. The van der Waals surface area contributed by atoms with Crippen LogP contribution in [0.15, 0.2) is 45.5 Å². The van der Waals surface area contributed by atoms with E-state index in [1.807, 2.05) is 6.92 Å². The maximum Gasteiger partial charge on any atom is 0.253 e. The smallest absolute Gasteiger partial charge is 0.253 e. The van der Waals surface area contributed by atoms with Gasteiger partial charge >= 0.3 is 0 Å². The highest BCUT2D eigenvalue weighted by atomic mass is 32.2. The van der Waals surface area contributed by atoms with Gasteiger partial charge in [-0.25, -0.2) is 21.6 Å². The molecule has 1 saturated heterocycles. The number of piperazine rings is 1. The van der Waals surface area contributed by atoms with E-state index in [9.17, 15) is 21.6 Å². The summed E-state index contributed by atoms with van der Waals surface area (Å²) in [6, 6.07) is 9.38. The number of nitrogens with one attached hydrogen (secondary N) is 1. The number of thiophene rings is 1. The van der Waals surface area contributed by atoms with Crippen molar-refractivity contribution in [1.29, 1.82) is 0 Å². The molecule has 0 radical (unpaired) electrons. The summed E-state index contributed by atoms with van der Waals surface area (Å²) in [6.45, 7) is 2.76. The van der Waals surface area contributed by atoms with Crippen LogP contribution in [-0.4, -0.2) is 64.2 Å². The number of amides is 1. The molecule has 1 saturated carbocycles. The van der Waals surface area contributed by atoms with Gasteiger partial charge in [-0.15, -0.1) is 11.3 Å².